The van der Waals surface area contributed by atoms with E-state index >= 15 is 0 Å². The number of fused-ring (bicyclic) bond motifs is 3. The van der Waals surface area contributed by atoms with Crippen LogP contribution in [0.4, 0.5) is 5.95 Å². The van der Waals surface area contributed by atoms with E-state index in [4.69, 9.17) is 0 Å². The number of aromatic nitrogens is 2. The monoisotopic (exact) mass is 333 g/mol. The van der Waals surface area contributed by atoms with Crippen LogP contribution in [-0.4, -0.2) is 20.6 Å². The molecular weight excluding hydrogens is 314 g/mol. The highest BCUT2D eigenvalue weighted by molar-refractivity contribution is 5.92. The zero-order chi connectivity index (χ0) is 17.6. The predicted octanol–water partition coefficient (Wildman–Crippen LogP) is 4.14. The number of rotatable bonds is 3. The molecule has 0 amide bonds. The molecule has 1 aliphatic heterocycles. The van der Waals surface area contributed by atoms with Gasteiger partial charge < -0.3 is 10.4 Å². The van der Waals surface area contributed by atoms with Crippen LogP contribution >= 0.6 is 0 Å². The van der Waals surface area contributed by atoms with Crippen LogP contribution in [0.3, 0.4) is 0 Å². The number of anilines is 1. The Labute approximate surface area is 145 Å². The first-order chi connectivity index (χ1) is 12.0. The summed E-state index contributed by atoms with van der Waals surface area (Å²) in [6.07, 6.45) is 1.74. The van der Waals surface area contributed by atoms with Gasteiger partial charge in [-0.15, -0.1) is 0 Å². The van der Waals surface area contributed by atoms with E-state index < -0.39 is 5.97 Å². The largest absolute Gasteiger partial charge is 0.477 e. The maximum Gasteiger partial charge on any atom is 0.352 e. The molecule has 3 aromatic rings. The standard InChI is InChI=1S/C20H19N3O2/c1-12(2)13-7-9-14(10-8-13)18-11-16(19(24)25)22-20-21-15-5-3-4-6-17(15)23(18)20/h3-12,18H,1-2H3,(H,21,22)(H,24,25)/t18-/m0/s1. The molecule has 0 saturated carbocycles. The van der Waals surface area contributed by atoms with Crippen LogP contribution in [0.15, 0.2) is 60.3 Å². The van der Waals surface area contributed by atoms with Gasteiger partial charge in [0, 0.05) is 0 Å². The van der Waals surface area contributed by atoms with Crippen molar-refractivity contribution in [1.82, 2.24) is 9.55 Å². The number of benzene rings is 2. The molecule has 126 valence electrons. The van der Waals surface area contributed by atoms with Crippen LogP contribution in [0, 0.1) is 0 Å². The van der Waals surface area contributed by atoms with E-state index in [2.05, 4.69) is 48.4 Å². The Hall–Kier alpha value is -3.08. The number of para-hydroxylation sites is 2. The normalized spacial score (nSPS) is 16.4. The molecule has 1 atom stereocenters. The number of carboxylic acid groups (broad SMARTS) is 1. The quantitative estimate of drug-likeness (QED) is 0.756. The van der Waals surface area contributed by atoms with Crippen molar-refractivity contribution in [1.29, 1.82) is 0 Å². The van der Waals surface area contributed by atoms with Crippen LogP contribution in [-0.2, 0) is 4.79 Å². The zero-order valence-electron chi connectivity index (χ0n) is 14.1. The van der Waals surface area contributed by atoms with Crippen LogP contribution in [0.25, 0.3) is 11.0 Å². The molecule has 0 aliphatic carbocycles. The highest BCUT2D eigenvalue weighted by atomic mass is 16.4. The van der Waals surface area contributed by atoms with E-state index in [1.807, 2.05) is 28.8 Å². The second-order valence-corrected chi connectivity index (χ2v) is 6.57. The van der Waals surface area contributed by atoms with E-state index in [0.717, 1.165) is 16.6 Å². The Balaban J connectivity index is 1.89. The molecule has 1 aliphatic rings. The summed E-state index contributed by atoms with van der Waals surface area (Å²) >= 11 is 0. The minimum atomic E-state index is -0.984. The Morgan fingerprint density at radius 2 is 1.88 bits per heavy atom. The third kappa shape index (κ3) is 2.58. The Bertz CT molecular complexity index is 984. The molecule has 4 rings (SSSR count). The van der Waals surface area contributed by atoms with Gasteiger partial charge in [0.2, 0.25) is 5.95 Å². The van der Waals surface area contributed by atoms with Crippen molar-refractivity contribution in [2.75, 3.05) is 5.32 Å². The zero-order valence-corrected chi connectivity index (χ0v) is 14.1. The lowest BCUT2D eigenvalue weighted by molar-refractivity contribution is -0.132. The number of nitrogens with one attached hydrogen (secondary N) is 1. The molecule has 0 radical (unpaired) electrons. The van der Waals surface area contributed by atoms with Crippen molar-refractivity contribution in [3.63, 3.8) is 0 Å². The number of carboxylic acids is 1. The second-order valence-electron chi connectivity index (χ2n) is 6.57. The maximum absolute atomic E-state index is 11.5. The van der Waals surface area contributed by atoms with Crippen LogP contribution in [0.5, 0.6) is 0 Å². The summed E-state index contributed by atoms with van der Waals surface area (Å²) in [6.45, 7) is 4.31. The van der Waals surface area contributed by atoms with E-state index in [-0.39, 0.29) is 11.7 Å². The molecule has 25 heavy (non-hydrogen) atoms. The van der Waals surface area contributed by atoms with E-state index in [0.29, 0.717) is 11.9 Å². The topological polar surface area (TPSA) is 67.2 Å². The van der Waals surface area contributed by atoms with Gasteiger partial charge in [0.25, 0.3) is 0 Å². The fourth-order valence-electron chi connectivity index (χ4n) is 3.26. The SMILES string of the molecule is CC(C)c1ccc([C@@H]2C=C(C(=O)O)Nc3nc4ccccc4n32)cc1. The fraction of sp³-hybridized carbons (Fsp3) is 0.200. The average molecular weight is 333 g/mol. The lowest BCUT2D eigenvalue weighted by atomic mass is 9.98. The number of imidazole rings is 1. The van der Waals surface area contributed by atoms with Crippen molar-refractivity contribution in [2.24, 2.45) is 0 Å². The van der Waals surface area contributed by atoms with Gasteiger partial charge in [-0.05, 0) is 35.3 Å². The van der Waals surface area contributed by atoms with E-state index in [1.54, 1.807) is 6.08 Å². The number of nitrogens with zero attached hydrogens (tertiary/aromatic N) is 2. The van der Waals surface area contributed by atoms with Crippen molar-refractivity contribution in [3.8, 4) is 0 Å². The Morgan fingerprint density at radius 3 is 2.56 bits per heavy atom. The van der Waals surface area contributed by atoms with Gasteiger partial charge in [0.1, 0.15) is 5.70 Å². The van der Waals surface area contributed by atoms with Gasteiger partial charge in [0.15, 0.2) is 0 Å². The molecule has 2 N–H and O–H groups in total. The fourth-order valence-corrected chi connectivity index (χ4v) is 3.26. The smallest absolute Gasteiger partial charge is 0.352 e. The number of carbonyl (C=O) groups is 1. The van der Waals surface area contributed by atoms with Crippen molar-refractivity contribution < 1.29 is 9.90 Å². The van der Waals surface area contributed by atoms with Gasteiger partial charge in [-0.1, -0.05) is 50.2 Å². The third-order valence-electron chi connectivity index (χ3n) is 4.62. The van der Waals surface area contributed by atoms with Crippen LogP contribution in [0.1, 0.15) is 36.9 Å². The third-order valence-corrected chi connectivity index (χ3v) is 4.62. The highest BCUT2D eigenvalue weighted by Gasteiger charge is 2.27. The molecule has 5 nitrogen and oxygen atoms in total. The van der Waals surface area contributed by atoms with Gasteiger partial charge in [-0.3, -0.25) is 4.57 Å². The van der Waals surface area contributed by atoms with Gasteiger partial charge >= 0.3 is 5.97 Å². The van der Waals surface area contributed by atoms with Crippen LogP contribution in [0.2, 0.25) is 0 Å². The summed E-state index contributed by atoms with van der Waals surface area (Å²) in [4.78, 5) is 16.1. The molecule has 2 heterocycles. The molecule has 1 aromatic heterocycles. The molecule has 0 bridgehead atoms. The van der Waals surface area contributed by atoms with Crippen LogP contribution < -0.4 is 5.32 Å². The van der Waals surface area contributed by atoms with Gasteiger partial charge in [-0.25, -0.2) is 9.78 Å². The number of hydrogen-bond acceptors (Lipinski definition) is 3. The summed E-state index contributed by atoms with van der Waals surface area (Å²) in [5, 5.41) is 12.4. The first-order valence-corrected chi connectivity index (χ1v) is 8.33. The maximum atomic E-state index is 11.5. The summed E-state index contributed by atoms with van der Waals surface area (Å²) in [5.41, 5.74) is 4.27. The lowest BCUT2D eigenvalue weighted by Crippen LogP contribution is -2.23. The second kappa shape index (κ2) is 5.77. The van der Waals surface area contributed by atoms with Crippen molar-refractivity contribution >= 4 is 23.0 Å². The van der Waals surface area contributed by atoms with E-state index in [9.17, 15) is 9.90 Å². The Kier molecular flexibility index (Phi) is 3.57. The number of allylic oxidation sites excluding steroid dienone is 1. The van der Waals surface area contributed by atoms with Gasteiger partial charge in [0.05, 0.1) is 17.1 Å². The molecule has 0 fully saturated rings. The van der Waals surface area contributed by atoms with Crippen molar-refractivity contribution in [3.05, 3.63) is 71.4 Å². The number of aliphatic carboxylic acids is 1. The summed E-state index contributed by atoms with van der Waals surface area (Å²) in [5.74, 6) is 0.0259. The molecule has 0 unspecified atom stereocenters. The molecule has 2 aromatic carbocycles. The minimum Gasteiger partial charge on any atom is -0.477 e. The molecule has 0 saturated heterocycles. The lowest BCUT2D eigenvalue weighted by Gasteiger charge is -2.25. The van der Waals surface area contributed by atoms with E-state index in [1.165, 1.54) is 5.56 Å². The molecule has 0 spiro atoms. The number of hydrogen-bond donors (Lipinski definition) is 2. The molecule has 5 heteroatoms. The van der Waals surface area contributed by atoms with Crippen molar-refractivity contribution in [2.45, 2.75) is 25.8 Å². The first-order valence-electron chi connectivity index (χ1n) is 8.33. The predicted molar refractivity (Wildman–Crippen MR) is 97.7 cm³/mol. The average Bonchev–Trinajstić information content (AvgIpc) is 2.99. The van der Waals surface area contributed by atoms with Gasteiger partial charge in [-0.2, -0.15) is 0 Å². The summed E-state index contributed by atoms with van der Waals surface area (Å²) in [7, 11) is 0. The molecular formula is C20H19N3O2. The summed E-state index contributed by atoms with van der Waals surface area (Å²) < 4.78 is 2.05. The first kappa shape index (κ1) is 15.4. The minimum absolute atomic E-state index is 0.153. The summed E-state index contributed by atoms with van der Waals surface area (Å²) in [6, 6.07) is 16.0. The highest BCUT2D eigenvalue weighted by Crippen LogP contribution is 2.34. The Morgan fingerprint density at radius 1 is 1.16 bits per heavy atom.